The fraction of sp³-hybridized carbons (Fsp3) is 0.256. The van der Waals surface area contributed by atoms with Gasteiger partial charge in [-0.2, -0.15) is 0 Å². The molecule has 0 bridgehead atoms. The number of carbonyl (C=O) groups excluding carboxylic acids is 2. The van der Waals surface area contributed by atoms with E-state index in [4.69, 9.17) is 4.84 Å². The van der Waals surface area contributed by atoms with Crippen LogP contribution in [-0.4, -0.2) is 21.7 Å². The van der Waals surface area contributed by atoms with Crippen molar-refractivity contribution in [3.8, 4) is 5.88 Å². The first-order valence-corrected chi connectivity index (χ1v) is 16.3. The number of rotatable bonds is 14. The Hall–Kier alpha value is -5.44. The lowest BCUT2D eigenvalue weighted by Crippen LogP contribution is -2.31. The van der Waals surface area contributed by atoms with Crippen LogP contribution in [0.4, 0.5) is 10.1 Å². The van der Waals surface area contributed by atoms with Crippen LogP contribution in [0.2, 0.25) is 0 Å². The van der Waals surface area contributed by atoms with Gasteiger partial charge in [0.2, 0.25) is 11.8 Å². The van der Waals surface area contributed by atoms with Crippen molar-refractivity contribution in [3.63, 3.8) is 0 Å². The maximum Gasteiger partial charge on any atom is 0.294 e. The highest BCUT2D eigenvalue weighted by atomic mass is 19.1. The highest BCUT2D eigenvalue weighted by Gasteiger charge is 2.24. The summed E-state index contributed by atoms with van der Waals surface area (Å²) >= 11 is 0. The summed E-state index contributed by atoms with van der Waals surface area (Å²) in [6, 6.07) is 27.7. The number of carbonyl (C=O) groups is 2. The molecule has 0 fully saturated rings. The molecule has 8 nitrogen and oxygen atoms in total. The van der Waals surface area contributed by atoms with Gasteiger partial charge in [-0.15, -0.1) is 4.73 Å². The number of nitrogens with one attached hydrogen (secondary N) is 2. The summed E-state index contributed by atoms with van der Waals surface area (Å²) in [7, 11) is 0. The highest BCUT2D eigenvalue weighted by Crippen LogP contribution is 2.30. The molecule has 1 aromatic heterocycles. The molecule has 3 N–H and O–H groups in total. The van der Waals surface area contributed by atoms with Crippen LogP contribution in [0.25, 0.3) is 10.8 Å². The van der Waals surface area contributed by atoms with Crippen molar-refractivity contribution < 1.29 is 23.9 Å². The molecule has 5 aromatic rings. The van der Waals surface area contributed by atoms with Gasteiger partial charge < -0.3 is 20.6 Å². The van der Waals surface area contributed by atoms with E-state index in [1.54, 1.807) is 30.3 Å². The van der Waals surface area contributed by atoms with Gasteiger partial charge >= 0.3 is 0 Å². The Labute approximate surface area is 279 Å². The molecule has 1 unspecified atom stereocenters. The topological polar surface area (TPSA) is 110 Å². The minimum atomic E-state index is -0.699. The lowest BCUT2D eigenvalue weighted by atomic mass is 9.90. The van der Waals surface area contributed by atoms with Crippen molar-refractivity contribution >= 4 is 28.3 Å². The number of unbranched alkanes of at least 4 members (excludes halogenated alkanes) is 1. The van der Waals surface area contributed by atoms with Crippen molar-refractivity contribution in [1.29, 1.82) is 0 Å². The number of pyridine rings is 1. The number of hydrogen-bond acceptors (Lipinski definition) is 5. The van der Waals surface area contributed by atoms with Gasteiger partial charge in [-0.25, -0.2) is 4.39 Å². The van der Waals surface area contributed by atoms with Crippen LogP contribution in [0.5, 0.6) is 5.88 Å². The van der Waals surface area contributed by atoms with Gasteiger partial charge in [0.25, 0.3) is 11.5 Å². The minimum Gasteiger partial charge on any atom is -0.492 e. The summed E-state index contributed by atoms with van der Waals surface area (Å²) in [5, 5.41) is 17.2. The van der Waals surface area contributed by atoms with Crippen molar-refractivity contribution in [1.82, 2.24) is 10.0 Å². The Morgan fingerprint density at radius 2 is 1.58 bits per heavy atom. The number of aromatic hydroxyl groups is 1. The summed E-state index contributed by atoms with van der Waals surface area (Å²) in [4.78, 5) is 46.0. The van der Waals surface area contributed by atoms with Gasteiger partial charge in [-0.05, 0) is 59.2 Å². The largest absolute Gasteiger partial charge is 0.492 e. The average molecular weight is 650 g/mol. The second-order valence-electron chi connectivity index (χ2n) is 11.8. The zero-order valence-electron chi connectivity index (χ0n) is 27.2. The van der Waals surface area contributed by atoms with Crippen LogP contribution in [-0.2, 0) is 24.4 Å². The second kappa shape index (κ2) is 15.9. The summed E-state index contributed by atoms with van der Waals surface area (Å²) in [5.41, 5.74) is 2.38. The Morgan fingerprint density at radius 1 is 0.875 bits per heavy atom. The third-order valence-corrected chi connectivity index (χ3v) is 8.39. The third-order valence-electron chi connectivity index (χ3n) is 8.39. The van der Waals surface area contributed by atoms with Crippen molar-refractivity contribution in [2.24, 2.45) is 0 Å². The van der Waals surface area contributed by atoms with Gasteiger partial charge in [-0.1, -0.05) is 106 Å². The van der Waals surface area contributed by atoms with E-state index in [1.165, 1.54) is 18.2 Å². The first-order valence-electron chi connectivity index (χ1n) is 16.3. The zero-order valence-corrected chi connectivity index (χ0v) is 27.2. The number of hydrogen-bond donors (Lipinski definition) is 3. The lowest BCUT2D eigenvalue weighted by Gasteiger charge is -2.18. The molecule has 0 saturated heterocycles. The average Bonchev–Trinajstić information content (AvgIpc) is 3.09. The lowest BCUT2D eigenvalue weighted by molar-refractivity contribution is -0.115. The molecular formula is C39H40FN3O5. The first kappa shape index (κ1) is 33.9. The molecule has 1 heterocycles. The molecule has 2 amide bonds. The summed E-state index contributed by atoms with van der Waals surface area (Å²) in [6.45, 7) is 4.15. The summed E-state index contributed by atoms with van der Waals surface area (Å²) in [5.74, 6) is -1.80. The molecule has 248 valence electrons. The number of aromatic nitrogens is 1. The predicted molar refractivity (Wildman–Crippen MR) is 186 cm³/mol. The van der Waals surface area contributed by atoms with Crippen LogP contribution in [0.15, 0.2) is 102 Å². The van der Waals surface area contributed by atoms with Crippen molar-refractivity contribution in [3.05, 3.63) is 141 Å². The van der Waals surface area contributed by atoms with E-state index in [0.717, 1.165) is 36.8 Å². The molecule has 0 aliphatic heterocycles. The van der Waals surface area contributed by atoms with Crippen molar-refractivity contribution in [2.45, 2.75) is 65.0 Å². The number of nitrogens with zero attached hydrogens (tertiary/aromatic N) is 1. The molecule has 4 aromatic carbocycles. The number of anilines is 1. The van der Waals surface area contributed by atoms with Crippen LogP contribution in [0.3, 0.4) is 0 Å². The molecule has 0 spiro atoms. The van der Waals surface area contributed by atoms with Gasteiger partial charge in [0, 0.05) is 17.6 Å². The molecule has 0 saturated carbocycles. The molecule has 9 heteroatoms. The van der Waals surface area contributed by atoms with Crippen LogP contribution < -0.4 is 21.0 Å². The van der Waals surface area contributed by atoms with Crippen LogP contribution in [0, 0.1) is 5.82 Å². The molecule has 48 heavy (non-hydrogen) atoms. The molecule has 1 atom stereocenters. The normalized spacial score (nSPS) is 11.6. The Kier molecular flexibility index (Phi) is 11.2. The summed E-state index contributed by atoms with van der Waals surface area (Å²) < 4.78 is 15.5. The Balaban J connectivity index is 1.46. The number of amides is 2. The Morgan fingerprint density at radius 3 is 2.27 bits per heavy atom. The van der Waals surface area contributed by atoms with E-state index in [9.17, 15) is 23.9 Å². The van der Waals surface area contributed by atoms with E-state index in [-0.39, 0.29) is 53.6 Å². The molecule has 5 rings (SSSR count). The second-order valence-corrected chi connectivity index (χ2v) is 11.8. The quantitative estimate of drug-likeness (QED) is 0.117. The SMILES string of the molecule is CCCCC(CC)c1cc(CNC(=O)c2c(O)n(OCc3ccccc3)c(=O)c3cc(NC(=O)Cc4ccccc4)ccc23)ccc1F. The maximum absolute atomic E-state index is 14.8. The predicted octanol–water partition coefficient (Wildman–Crippen LogP) is 7.27. The third kappa shape index (κ3) is 8.09. The number of benzene rings is 4. The fourth-order valence-electron chi connectivity index (χ4n) is 5.80. The van der Waals surface area contributed by atoms with E-state index in [2.05, 4.69) is 17.6 Å². The van der Waals surface area contributed by atoms with Crippen LogP contribution >= 0.6 is 0 Å². The van der Waals surface area contributed by atoms with E-state index in [0.29, 0.717) is 21.5 Å². The van der Waals surface area contributed by atoms with E-state index >= 15 is 0 Å². The van der Waals surface area contributed by atoms with Crippen LogP contribution in [0.1, 0.15) is 78.1 Å². The standard InChI is InChI=1S/C39H40FN3O5/c1-3-5-16-29(4-2)32-21-28(17-20-34(32)40)24-41-37(45)36-31-19-18-30(42-35(44)22-26-12-8-6-9-13-26)23-33(31)38(46)43(39(36)47)48-25-27-14-10-7-11-15-27/h6-15,17-21,23,29,47H,3-5,16,22,24-25H2,1-2H3,(H,41,45)(H,42,44). The smallest absolute Gasteiger partial charge is 0.294 e. The van der Waals surface area contributed by atoms with Gasteiger partial charge in [-0.3, -0.25) is 14.4 Å². The zero-order chi connectivity index (χ0) is 34.0. The Bertz CT molecular complexity index is 1940. The number of halogens is 1. The minimum absolute atomic E-state index is 0.0522. The van der Waals surface area contributed by atoms with Gasteiger partial charge in [0.15, 0.2) is 0 Å². The van der Waals surface area contributed by atoms with Gasteiger partial charge in [0.05, 0.1) is 11.8 Å². The molecule has 0 aliphatic carbocycles. The fourth-order valence-corrected chi connectivity index (χ4v) is 5.80. The number of fused-ring (bicyclic) bond motifs is 1. The van der Waals surface area contributed by atoms with Crippen molar-refractivity contribution in [2.75, 3.05) is 5.32 Å². The molecule has 0 radical (unpaired) electrons. The summed E-state index contributed by atoms with van der Waals surface area (Å²) in [6.07, 6.45) is 3.82. The highest BCUT2D eigenvalue weighted by molar-refractivity contribution is 6.09. The van der Waals surface area contributed by atoms with E-state index < -0.39 is 17.3 Å². The molecule has 0 aliphatic rings. The van der Waals surface area contributed by atoms with E-state index in [1.807, 2.05) is 55.5 Å². The first-order chi connectivity index (χ1) is 23.3. The monoisotopic (exact) mass is 649 g/mol. The molecular weight excluding hydrogens is 609 g/mol. The maximum atomic E-state index is 14.8. The van der Waals surface area contributed by atoms with Gasteiger partial charge in [0.1, 0.15) is 18.0 Å².